The number of aromatic nitrogens is 2. The predicted octanol–water partition coefficient (Wildman–Crippen LogP) is 2.24. The smallest absolute Gasteiger partial charge is 0.0666 e. The molecule has 1 aliphatic rings. The van der Waals surface area contributed by atoms with Gasteiger partial charge in [0.1, 0.15) is 0 Å². The Balaban J connectivity index is 1.62. The van der Waals surface area contributed by atoms with Crippen molar-refractivity contribution in [2.45, 2.75) is 38.8 Å². The highest BCUT2D eigenvalue weighted by Gasteiger charge is 2.20. The largest absolute Gasteiger partial charge is 0.309 e. The molecule has 0 unspecified atom stereocenters. The summed E-state index contributed by atoms with van der Waals surface area (Å²) in [6.07, 6.45) is 5.44. The van der Waals surface area contributed by atoms with Crippen molar-refractivity contribution in [3.8, 4) is 0 Å². The highest BCUT2D eigenvalue weighted by molar-refractivity contribution is 5.33. The topological polar surface area (TPSA) is 29.9 Å². The van der Waals surface area contributed by atoms with Gasteiger partial charge in [-0.1, -0.05) is 31.2 Å². The van der Waals surface area contributed by atoms with Gasteiger partial charge in [0.05, 0.1) is 5.69 Å². The van der Waals surface area contributed by atoms with E-state index in [1.807, 2.05) is 11.7 Å². The lowest BCUT2D eigenvalue weighted by Gasteiger charge is -2.11. The molecule has 0 bridgehead atoms. The van der Waals surface area contributed by atoms with E-state index in [1.165, 1.54) is 22.4 Å². The van der Waals surface area contributed by atoms with Gasteiger partial charge in [0, 0.05) is 31.4 Å². The van der Waals surface area contributed by atoms with E-state index in [0.29, 0.717) is 6.04 Å². The maximum Gasteiger partial charge on any atom is 0.0666 e. The number of benzene rings is 1. The molecule has 0 aliphatic heterocycles. The first-order valence-electron chi connectivity index (χ1n) is 7.08. The van der Waals surface area contributed by atoms with Crippen LogP contribution in [0.5, 0.6) is 0 Å². The highest BCUT2D eigenvalue weighted by atomic mass is 15.3. The van der Waals surface area contributed by atoms with E-state index in [0.717, 1.165) is 25.8 Å². The normalized spacial score (nSPS) is 14.8. The molecule has 3 heteroatoms. The fourth-order valence-electron chi connectivity index (χ4n) is 2.99. The Bertz CT molecular complexity index is 546. The van der Waals surface area contributed by atoms with Crippen molar-refractivity contribution in [1.82, 2.24) is 15.1 Å². The third kappa shape index (κ3) is 2.56. The van der Waals surface area contributed by atoms with Gasteiger partial charge in [-0.2, -0.15) is 5.10 Å². The maximum atomic E-state index is 4.49. The Morgan fingerprint density at radius 1 is 1.26 bits per heavy atom. The number of aryl methyl sites for hydroxylation is 2. The Kier molecular flexibility index (Phi) is 3.38. The van der Waals surface area contributed by atoms with Crippen LogP contribution in [-0.2, 0) is 32.9 Å². The quantitative estimate of drug-likeness (QED) is 0.908. The zero-order chi connectivity index (χ0) is 13.2. The second-order valence-electron chi connectivity index (χ2n) is 5.38. The Morgan fingerprint density at radius 3 is 2.58 bits per heavy atom. The monoisotopic (exact) mass is 255 g/mol. The SMILES string of the molecule is CCc1nn(C)cc1CNC1Cc2ccccc2C1. The van der Waals surface area contributed by atoms with Crippen molar-refractivity contribution in [1.29, 1.82) is 0 Å². The summed E-state index contributed by atoms with van der Waals surface area (Å²) in [5, 5.41) is 8.17. The minimum absolute atomic E-state index is 0.572. The van der Waals surface area contributed by atoms with Gasteiger partial charge in [0.25, 0.3) is 0 Å². The minimum Gasteiger partial charge on any atom is -0.309 e. The van der Waals surface area contributed by atoms with Crippen molar-refractivity contribution in [3.63, 3.8) is 0 Å². The molecule has 0 amide bonds. The molecule has 1 N–H and O–H groups in total. The highest BCUT2D eigenvalue weighted by Crippen LogP contribution is 2.22. The van der Waals surface area contributed by atoms with E-state index in [1.54, 1.807) is 0 Å². The molecule has 2 aromatic rings. The van der Waals surface area contributed by atoms with Crippen molar-refractivity contribution in [2.24, 2.45) is 7.05 Å². The van der Waals surface area contributed by atoms with Crippen LogP contribution in [0.25, 0.3) is 0 Å². The third-order valence-electron chi connectivity index (χ3n) is 3.96. The van der Waals surface area contributed by atoms with Crippen LogP contribution in [0, 0.1) is 0 Å². The second-order valence-corrected chi connectivity index (χ2v) is 5.38. The average molecular weight is 255 g/mol. The first-order chi connectivity index (χ1) is 9.26. The molecule has 1 aromatic carbocycles. The van der Waals surface area contributed by atoms with Crippen LogP contribution in [0.3, 0.4) is 0 Å². The zero-order valence-electron chi connectivity index (χ0n) is 11.7. The average Bonchev–Trinajstić information content (AvgIpc) is 2.98. The Hall–Kier alpha value is -1.61. The van der Waals surface area contributed by atoms with Crippen LogP contribution in [0.4, 0.5) is 0 Å². The summed E-state index contributed by atoms with van der Waals surface area (Å²) in [6, 6.07) is 9.34. The van der Waals surface area contributed by atoms with E-state index in [2.05, 4.69) is 47.8 Å². The fraction of sp³-hybridized carbons (Fsp3) is 0.438. The van der Waals surface area contributed by atoms with Crippen LogP contribution in [0.15, 0.2) is 30.5 Å². The summed E-state index contributed by atoms with van der Waals surface area (Å²) in [7, 11) is 1.99. The third-order valence-corrected chi connectivity index (χ3v) is 3.96. The molecular formula is C16H21N3. The molecule has 0 saturated carbocycles. The van der Waals surface area contributed by atoms with Gasteiger partial charge in [0.2, 0.25) is 0 Å². The Labute approximate surface area is 114 Å². The molecule has 19 heavy (non-hydrogen) atoms. The number of fused-ring (bicyclic) bond motifs is 1. The van der Waals surface area contributed by atoms with E-state index in [9.17, 15) is 0 Å². The van der Waals surface area contributed by atoms with Crippen LogP contribution in [0.1, 0.15) is 29.3 Å². The first kappa shape index (κ1) is 12.4. The van der Waals surface area contributed by atoms with Gasteiger partial charge in [-0.25, -0.2) is 0 Å². The first-order valence-corrected chi connectivity index (χ1v) is 7.08. The lowest BCUT2D eigenvalue weighted by atomic mass is 10.1. The number of hydrogen-bond acceptors (Lipinski definition) is 2. The summed E-state index contributed by atoms with van der Waals surface area (Å²) in [4.78, 5) is 0. The van der Waals surface area contributed by atoms with Gasteiger partial charge in [-0.3, -0.25) is 4.68 Å². The minimum atomic E-state index is 0.572. The molecule has 0 fully saturated rings. The van der Waals surface area contributed by atoms with Crippen molar-refractivity contribution in [2.75, 3.05) is 0 Å². The maximum absolute atomic E-state index is 4.49. The summed E-state index contributed by atoms with van der Waals surface area (Å²) < 4.78 is 1.92. The fourth-order valence-corrected chi connectivity index (χ4v) is 2.99. The van der Waals surface area contributed by atoms with Gasteiger partial charge in [-0.05, 0) is 30.4 Å². The number of rotatable bonds is 4. The molecule has 1 heterocycles. The summed E-state index contributed by atoms with van der Waals surface area (Å²) in [6.45, 7) is 3.09. The molecule has 1 aliphatic carbocycles. The molecule has 3 rings (SSSR count). The van der Waals surface area contributed by atoms with Gasteiger partial charge in [0.15, 0.2) is 0 Å². The van der Waals surface area contributed by atoms with Gasteiger partial charge < -0.3 is 5.32 Å². The molecular weight excluding hydrogens is 234 g/mol. The lowest BCUT2D eigenvalue weighted by Crippen LogP contribution is -2.29. The Morgan fingerprint density at radius 2 is 1.95 bits per heavy atom. The van der Waals surface area contributed by atoms with Crippen molar-refractivity contribution in [3.05, 3.63) is 52.8 Å². The van der Waals surface area contributed by atoms with Crippen molar-refractivity contribution < 1.29 is 0 Å². The summed E-state index contributed by atoms with van der Waals surface area (Å²) >= 11 is 0. The number of hydrogen-bond donors (Lipinski definition) is 1. The number of nitrogens with zero attached hydrogens (tertiary/aromatic N) is 2. The van der Waals surface area contributed by atoms with E-state index < -0.39 is 0 Å². The molecule has 0 spiro atoms. The molecule has 0 saturated heterocycles. The molecule has 1 aromatic heterocycles. The molecule has 0 radical (unpaired) electrons. The van der Waals surface area contributed by atoms with E-state index in [4.69, 9.17) is 0 Å². The van der Waals surface area contributed by atoms with Crippen LogP contribution in [0.2, 0.25) is 0 Å². The van der Waals surface area contributed by atoms with Gasteiger partial charge >= 0.3 is 0 Å². The summed E-state index contributed by atoms with van der Waals surface area (Å²) in [5.74, 6) is 0. The molecule has 0 atom stereocenters. The lowest BCUT2D eigenvalue weighted by molar-refractivity contribution is 0.531. The van der Waals surface area contributed by atoms with Crippen LogP contribution < -0.4 is 5.32 Å². The van der Waals surface area contributed by atoms with Crippen LogP contribution >= 0.6 is 0 Å². The van der Waals surface area contributed by atoms with E-state index >= 15 is 0 Å². The summed E-state index contributed by atoms with van der Waals surface area (Å²) in [5.41, 5.74) is 5.55. The molecule has 3 nitrogen and oxygen atoms in total. The van der Waals surface area contributed by atoms with E-state index in [-0.39, 0.29) is 0 Å². The standard InChI is InChI=1S/C16H21N3/c1-3-16-14(11-19(2)18-16)10-17-15-8-12-6-4-5-7-13(12)9-15/h4-7,11,15,17H,3,8-10H2,1-2H3. The predicted molar refractivity (Wildman–Crippen MR) is 77.1 cm³/mol. The molecule has 100 valence electrons. The van der Waals surface area contributed by atoms with Gasteiger partial charge in [-0.15, -0.1) is 0 Å². The zero-order valence-corrected chi connectivity index (χ0v) is 11.7. The number of nitrogens with one attached hydrogen (secondary N) is 1. The van der Waals surface area contributed by atoms with Crippen LogP contribution in [-0.4, -0.2) is 15.8 Å². The second kappa shape index (κ2) is 5.17. The van der Waals surface area contributed by atoms with Crippen molar-refractivity contribution >= 4 is 0 Å².